The van der Waals surface area contributed by atoms with Crippen molar-refractivity contribution in [2.24, 2.45) is 0 Å². The summed E-state index contributed by atoms with van der Waals surface area (Å²) in [4.78, 5) is 13.5. The number of nitrogens with zero attached hydrogens (tertiary/aromatic N) is 1. The van der Waals surface area contributed by atoms with Crippen LogP contribution in [0, 0.1) is 0 Å². The molecule has 3 heteroatoms. The molecule has 0 amide bonds. The van der Waals surface area contributed by atoms with Gasteiger partial charge in [0, 0.05) is 11.1 Å². The molecule has 20 heavy (non-hydrogen) atoms. The zero-order valence-corrected chi connectivity index (χ0v) is 14.0. The molecule has 0 spiro atoms. The van der Waals surface area contributed by atoms with E-state index in [1.165, 1.54) is 12.8 Å². The Morgan fingerprint density at radius 3 is 2.10 bits per heavy atom. The third-order valence-electron chi connectivity index (χ3n) is 4.27. The van der Waals surface area contributed by atoms with Crippen molar-refractivity contribution in [2.75, 3.05) is 13.1 Å². The minimum absolute atomic E-state index is 0.130. The van der Waals surface area contributed by atoms with Crippen molar-refractivity contribution in [3.8, 4) is 0 Å². The van der Waals surface area contributed by atoms with Crippen LogP contribution in [0.25, 0.3) is 0 Å². The van der Waals surface area contributed by atoms with E-state index in [0.717, 1.165) is 38.8 Å². The van der Waals surface area contributed by atoms with Crippen LogP contribution in [0.3, 0.4) is 0 Å². The van der Waals surface area contributed by atoms with Gasteiger partial charge in [0.2, 0.25) is 0 Å². The molecular formula is C17H33NO2. The third kappa shape index (κ3) is 5.66. The van der Waals surface area contributed by atoms with Crippen LogP contribution in [-0.2, 0) is 4.79 Å². The maximum absolute atomic E-state index is 11.0. The quantitative estimate of drug-likeness (QED) is 0.568. The van der Waals surface area contributed by atoms with Crippen LogP contribution < -0.4 is 0 Å². The summed E-state index contributed by atoms with van der Waals surface area (Å²) in [6, 6.07) is 0. The van der Waals surface area contributed by atoms with E-state index in [0.29, 0.717) is 5.57 Å². The smallest absolute Gasteiger partial charge is 0.330 e. The molecule has 0 aliphatic rings. The highest BCUT2D eigenvalue weighted by Crippen LogP contribution is 2.32. The predicted molar refractivity (Wildman–Crippen MR) is 86.1 cm³/mol. The molecule has 0 aromatic carbocycles. The van der Waals surface area contributed by atoms with Gasteiger partial charge in [0.05, 0.1) is 0 Å². The molecule has 3 nitrogen and oxygen atoms in total. The van der Waals surface area contributed by atoms with E-state index in [1.54, 1.807) is 6.92 Å². The van der Waals surface area contributed by atoms with Crippen molar-refractivity contribution in [2.45, 2.75) is 78.7 Å². The summed E-state index contributed by atoms with van der Waals surface area (Å²) in [5.41, 5.74) is 0.597. The Morgan fingerprint density at radius 2 is 1.70 bits per heavy atom. The number of carboxylic acid groups (broad SMARTS) is 1. The van der Waals surface area contributed by atoms with E-state index in [9.17, 15) is 4.79 Å². The van der Waals surface area contributed by atoms with Gasteiger partial charge in [0.25, 0.3) is 0 Å². The molecular weight excluding hydrogens is 250 g/mol. The van der Waals surface area contributed by atoms with E-state index < -0.39 is 5.97 Å². The number of unbranched alkanes of at least 4 members (excludes halogenated alkanes) is 1. The molecule has 0 bridgehead atoms. The standard InChI is InChI=1S/C17H33NO2/c1-6-10-13-17(12-7-2,18(8-3)9-4)14-11-15(5)16(19)20/h11H,6-10,12-14H2,1-5H3,(H,19,20). The first-order valence-corrected chi connectivity index (χ1v) is 8.12. The minimum atomic E-state index is -0.801. The van der Waals surface area contributed by atoms with Crippen LogP contribution in [0.15, 0.2) is 11.6 Å². The monoisotopic (exact) mass is 283 g/mol. The van der Waals surface area contributed by atoms with E-state index in [2.05, 4.69) is 32.6 Å². The summed E-state index contributed by atoms with van der Waals surface area (Å²) in [6.07, 6.45) is 8.60. The van der Waals surface area contributed by atoms with Gasteiger partial charge in [-0.05, 0) is 39.3 Å². The maximum atomic E-state index is 11.0. The first-order chi connectivity index (χ1) is 9.47. The summed E-state index contributed by atoms with van der Waals surface area (Å²) in [5, 5.41) is 9.06. The van der Waals surface area contributed by atoms with Crippen molar-refractivity contribution >= 4 is 5.97 Å². The number of carbonyl (C=O) groups is 1. The van der Waals surface area contributed by atoms with E-state index in [1.807, 2.05) is 6.08 Å². The Kier molecular flexibility index (Phi) is 9.56. The van der Waals surface area contributed by atoms with Crippen molar-refractivity contribution in [1.82, 2.24) is 4.90 Å². The van der Waals surface area contributed by atoms with Gasteiger partial charge in [-0.15, -0.1) is 0 Å². The fourth-order valence-corrected chi connectivity index (χ4v) is 3.07. The Hall–Kier alpha value is -0.830. The summed E-state index contributed by atoms with van der Waals surface area (Å²) in [5.74, 6) is -0.801. The second kappa shape index (κ2) is 9.98. The number of hydrogen-bond acceptors (Lipinski definition) is 2. The van der Waals surface area contributed by atoms with Gasteiger partial charge in [0.15, 0.2) is 0 Å². The highest BCUT2D eigenvalue weighted by atomic mass is 16.4. The number of hydrogen-bond donors (Lipinski definition) is 1. The average Bonchev–Trinajstić information content (AvgIpc) is 2.43. The Labute approximate surface area is 125 Å². The van der Waals surface area contributed by atoms with Crippen molar-refractivity contribution in [1.29, 1.82) is 0 Å². The largest absolute Gasteiger partial charge is 0.478 e. The zero-order valence-electron chi connectivity index (χ0n) is 14.0. The van der Waals surface area contributed by atoms with Crippen LogP contribution >= 0.6 is 0 Å². The van der Waals surface area contributed by atoms with Crippen molar-refractivity contribution < 1.29 is 9.90 Å². The van der Waals surface area contributed by atoms with Gasteiger partial charge in [-0.25, -0.2) is 4.79 Å². The lowest BCUT2D eigenvalue weighted by Gasteiger charge is -2.43. The maximum Gasteiger partial charge on any atom is 0.330 e. The zero-order chi connectivity index (χ0) is 15.6. The summed E-state index contributed by atoms with van der Waals surface area (Å²) >= 11 is 0. The fraction of sp³-hybridized carbons (Fsp3) is 0.824. The predicted octanol–water partition coefficient (Wildman–Crippen LogP) is 4.48. The Balaban J connectivity index is 5.25. The highest BCUT2D eigenvalue weighted by molar-refractivity contribution is 5.85. The molecule has 118 valence electrons. The van der Waals surface area contributed by atoms with E-state index >= 15 is 0 Å². The molecule has 0 saturated heterocycles. The Bertz CT molecular complexity index is 308. The molecule has 0 aliphatic carbocycles. The topological polar surface area (TPSA) is 40.5 Å². The number of carboxylic acids is 1. The second-order valence-electron chi connectivity index (χ2n) is 5.65. The van der Waals surface area contributed by atoms with Gasteiger partial charge in [-0.1, -0.05) is 53.0 Å². The van der Waals surface area contributed by atoms with Gasteiger partial charge in [0.1, 0.15) is 0 Å². The van der Waals surface area contributed by atoms with Crippen LogP contribution in [0.4, 0.5) is 0 Å². The van der Waals surface area contributed by atoms with Crippen molar-refractivity contribution in [3.05, 3.63) is 11.6 Å². The highest BCUT2D eigenvalue weighted by Gasteiger charge is 2.32. The number of rotatable bonds is 11. The van der Waals surface area contributed by atoms with Crippen LogP contribution in [-0.4, -0.2) is 34.6 Å². The normalized spacial score (nSPS) is 15.4. The number of aliphatic carboxylic acids is 1. The first kappa shape index (κ1) is 19.2. The van der Waals surface area contributed by atoms with Gasteiger partial charge >= 0.3 is 5.97 Å². The lowest BCUT2D eigenvalue weighted by atomic mass is 9.82. The van der Waals surface area contributed by atoms with E-state index in [4.69, 9.17) is 5.11 Å². The lowest BCUT2D eigenvalue weighted by Crippen LogP contribution is -2.48. The molecule has 0 rings (SSSR count). The second-order valence-corrected chi connectivity index (χ2v) is 5.65. The van der Waals surface area contributed by atoms with Gasteiger partial charge < -0.3 is 5.11 Å². The Morgan fingerprint density at radius 1 is 1.10 bits per heavy atom. The van der Waals surface area contributed by atoms with Crippen LogP contribution in [0.1, 0.15) is 73.1 Å². The summed E-state index contributed by atoms with van der Waals surface area (Å²) in [7, 11) is 0. The van der Waals surface area contributed by atoms with Gasteiger partial charge in [-0.3, -0.25) is 4.90 Å². The van der Waals surface area contributed by atoms with Crippen LogP contribution in [0.2, 0.25) is 0 Å². The fourth-order valence-electron chi connectivity index (χ4n) is 3.07. The molecule has 0 aromatic rings. The minimum Gasteiger partial charge on any atom is -0.478 e. The summed E-state index contributed by atoms with van der Waals surface area (Å²) in [6.45, 7) is 12.6. The third-order valence-corrected chi connectivity index (χ3v) is 4.27. The molecule has 1 N–H and O–H groups in total. The molecule has 0 saturated carbocycles. The van der Waals surface area contributed by atoms with E-state index in [-0.39, 0.29) is 5.54 Å². The summed E-state index contributed by atoms with van der Waals surface area (Å²) < 4.78 is 0. The van der Waals surface area contributed by atoms with Crippen molar-refractivity contribution in [3.63, 3.8) is 0 Å². The molecule has 0 radical (unpaired) electrons. The lowest BCUT2D eigenvalue weighted by molar-refractivity contribution is -0.132. The SMILES string of the molecule is CCCCC(CC=C(C)C(=O)O)(CCC)N(CC)CC. The first-order valence-electron chi connectivity index (χ1n) is 8.12. The molecule has 1 atom stereocenters. The van der Waals surface area contributed by atoms with Crippen LogP contribution in [0.5, 0.6) is 0 Å². The molecule has 0 aliphatic heterocycles. The molecule has 0 fully saturated rings. The molecule has 0 heterocycles. The van der Waals surface area contributed by atoms with Gasteiger partial charge in [-0.2, -0.15) is 0 Å². The molecule has 0 aromatic heterocycles. The average molecular weight is 283 g/mol. The molecule has 1 unspecified atom stereocenters.